The molecular formula is C32H26N4O5. The van der Waals surface area contributed by atoms with Gasteiger partial charge < -0.3 is 30.4 Å². The SMILES string of the molecule is Nc1ncnc2c1c(C#CCCC(=O)c1ccc3ccc4cccc5ccc1c3c45)cn2[C@@H]1O[C@H](CO)[C@@H](O)[C@H]1O. The van der Waals surface area contributed by atoms with E-state index < -0.39 is 31.1 Å². The van der Waals surface area contributed by atoms with Crippen LogP contribution in [0.25, 0.3) is 43.4 Å². The lowest BCUT2D eigenvalue weighted by Crippen LogP contribution is -2.33. The average molecular weight is 547 g/mol. The fourth-order valence-corrected chi connectivity index (χ4v) is 5.95. The van der Waals surface area contributed by atoms with Gasteiger partial charge in [0.05, 0.1) is 17.6 Å². The molecule has 0 bridgehead atoms. The minimum Gasteiger partial charge on any atom is -0.394 e. The number of aromatic nitrogens is 3. The lowest BCUT2D eigenvalue weighted by molar-refractivity contribution is -0.0508. The largest absolute Gasteiger partial charge is 0.394 e. The number of carbonyl (C=O) groups is 1. The molecule has 1 fully saturated rings. The van der Waals surface area contributed by atoms with Crippen LogP contribution in [0.3, 0.4) is 0 Å². The number of aliphatic hydroxyl groups excluding tert-OH is 3. The number of ether oxygens (including phenoxy) is 1. The summed E-state index contributed by atoms with van der Waals surface area (Å²) in [6.07, 6.45) is -1.01. The maximum Gasteiger partial charge on any atom is 0.164 e. The second-order valence-corrected chi connectivity index (χ2v) is 10.3. The summed E-state index contributed by atoms with van der Waals surface area (Å²) in [5.74, 6) is 6.36. The summed E-state index contributed by atoms with van der Waals surface area (Å²) in [6, 6.07) is 18.4. The maximum atomic E-state index is 13.4. The maximum absolute atomic E-state index is 13.4. The van der Waals surface area contributed by atoms with Crippen molar-refractivity contribution in [3.63, 3.8) is 0 Å². The Morgan fingerprint density at radius 1 is 0.951 bits per heavy atom. The minimum absolute atomic E-state index is 0.00835. The predicted octanol–water partition coefficient (Wildman–Crippen LogP) is 3.54. The Kier molecular flexibility index (Phi) is 6.07. The van der Waals surface area contributed by atoms with E-state index in [0.29, 0.717) is 28.6 Å². The summed E-state index contributed by atoms with van der Waals surface area (Å²) in [4.78, 5) is 21.7. The monoisotopic (exact) mass is 546 g/mol. The third kappa shape index (κ3) is 4.00. The first-order valence-electron chi connectivity index (χ1n) is 13.4. The molecule has 1 saturated heterocycles. The summed E-state index contributed by atoms with van der Waals surface area (Å²) in [6.45, 7) is -0.447. The highest BCUT2D eigenvalue weighted by Crippen LogP contribution is 2.37. The minimum atomic E-state index is -1.29. The summed E-state index contributed by atoms with van der Waals surface area (Å²) in [5, 5.41) is 37.3. The van der Waals surface area contributed by atoms with Gasteiger partial charge in [-0.25, -0.2) is 9.97 Å². The Bertz CT molecular complexity index is 2010. The molecule has 5 N–H and O–H groups in total. The van der Waals surface area contributed by atoms with Crippen molar-refractivity contribution in [3.8, 4) is 11.8 Å². The Morgan fingerprint density at radius 2 is 1.68 bits per heavy atom. The molecule has 0 amide bonds. The van der Waals surface area contributed by atoms with E-state index in [0.717, 1.165) is 26.9 Å². The van der Waals surface area contributed by atoms with Crippen molar-refractivity contribution < 1.29 is 24.9 Å². The molecule has 7 rings (SSSR count). The Hall–Kier alpha value is -4.59. The Labute approximate surface area is 234 Å². The van der Waals surface area contributed by atoms with Gasteiger partial charge >= 0.3 is 0 Å². The molecule has 9 nitrogen and oxygen atoms in total. The van der Waals surface area contributed by atoms with Crippen LogP contribution >= 0.6 is 0 Å². The van der Waals surface area contributed by atoms with Crippen LogP contribution in [0.5, 0.6) is 0 Å². The molecule has 3 heterocycles. The van der Waals surface area contributed by atoms with Crippen molar-refractivity contribution in [1.82, 2.24) is 14.5 Å². The van der Waals surface area contributed by atoms with Crippen molar-refractivity contribution in [2.45, 2.75) is 37.4 Å². The van der Waals surface area contributed by atoms with E-state index in [1.54, 1.807) is 6.20 Å². The second-order valence-electron chi connectivity index (χ2n) is 10.3. The standard InChI is InChI=1S/C32H26N4O5/c33-30-27-20(14-36(31(27)35-16-34-30)32-29(40)28(39)24(15-37)41-32)4-1-2-7-23(38)21-12-10-19-9-8-17-5-3-6-18-11-13-22(21)26(19)25(17)18/h3,5-6,8-14,16,24,28-29,32,37,39-40H,2,7,15H2,(H2,33,34,35)/t24-,28-,29-,32-/m1/s1. The number of nitrogens with two attached hydrogens (primary N) is 1. The lowest BCUT2D eigenvalue weighted by atomic mass is 9.90. The smallest absolute Gasteiger partial charge is 0.164 e. The van der Waals surface area contributed by atoms with Crippen LogP contribution in [-0.2, 0) is 4.74 Å². The first kappa shape index (κ1) is 25.4. The van der Waals surface area contributed by atoms with Gasteiger partial charge in [0.2, 0.25) is 0 Å². The molecule has 1 aliphatic rings. The number of rotatable bonds is 5. The zero-order chi connectivity index (χ0) is 28.2. The molecule has 0 unspecified atom stereocenters. The van der Waals surface area contributed by atoms with Gasteiger partial charge in [0.25, 0.3) is 0 Å². The zero-order valence-electron chi connectivity index (χ0n) is 21.9. The van der Waals surface area contributed by atoms with Crippen molar-refractivity contribution in [1.29, 1.82) is 0 Å². The molecule has 0 saturated carbocycles. The summed E-state index contributed by atoms with van der Waals surface area (Å²) >= 11 is 0. The number of Topliss-reactive ketones (excluding diaryl/α,β-unsaturated/α-hetero) is 1. The molecule has 204 valence electrons. The number of ketones is 1. The number of nitrogen functional groups attached to an aromatic ring is 1. The van der Waals surface area contributed by atoms with Crippen molar-refractivity contribution >= 4 is 55.0 Å². The number of fused-ring (bicyclic) bond motifs is 1. The molecular weight excluding hydrogens is 520 g/mol. The van der Waals surface area contributed by atoms with Gasteiger partial charge in [0, 0.05) is 24.6 Å². The van der Waals surface area contributed by atoms with Gasteiger partial charge in [0.1, 0.15) is 36.1 Å². The van der Waals surface area contributed by atoms with Gasteiger partial charge in [-0.3, -0.25) is 4.79 Å². The summed E-state index contributed by atoms with van der Waals surface area (Å²) in [7, 11) is 0. The van der Waals surface area contributed by atoms with E-state index >= 15 is 0 Å². The average Bonchev–Trinajstić information content (AvgIpc) is 3.50. The molecule has 2 aromatic heterocycles. The van der Waals surface area contributed by atoms with E-state index in [1.807, 2.05) is 24.3 Å². The highest BCUT2D eigenvalue weighted by Gasteiger charge is 2.44. The highest BCUT2D eigenvalue weighted by molar-refractivity contribution is 6.26. The van der Waals surface area contributed by atoms with E-state index in [4.69, 9.17) is 10.5 Å². The first-order chi connectivity index (χ1) is 20.0. The van der Waals surface area contributed by atoms with Gasteiger partial charge in [0.15, 0.2) is 12.0 Å². The second kappa shape index (κ2) is 9.80. The fourth-order valence-electron chi connectivity index (χ4n) is 5.95. The Balaban J connectivity index is 1.18. The van der Waals surface area contributed by atoms with Crippen LogP contribution in [0.2, 0.25) is 0 Å². The number of hydrogen-bond acceptors (Lipinski definition) is 8. The van der Waals surface area contributed by atoms with E-state index in [1.165, 1.54) is 16.3 Å². The van der Waals surface area contributed by atoms with Gasteiger partial charge in [-0.1, -0.05) is 66.4 Å². The fraction of sp³-hybridized carbons (Fsp3) is 0.219. The summed E-state index contributed by atoms with van der Waals surface area (Å²) < 4.78 is 7.22. The van der Waals surface area contributed by atoms with Crippen LogP contribution in [0.15, 0.2) is 67.1 Å². The van der Waals surface area contributed by atoms with E-state index in [2.05, 4.69) is 52.1 Å². The number of anilines is 1. The molecule has 41 heavy (non-hydrogen) atoms. The molecule has 9 heteroatoms. The van der Waals surface area contributed by atoms with Crippen LogP contribution in [-0.4, -0.2) is 60.6 Å². The number of hydrogen-bond donors (Lipinski definition) is 4. The molecule has 0 radical (unpaired) electrons. The van der Waals surface area contributed by atoms with E-state index in [9.17, 15) is 20.1 Å². The highest BCUT2D eigenvalue weighted by atomic mass is 16.6. The molecule has 6 aromatic rings. The van der Waals surface area contributed by atoms with Crippen molar-refractivity contribution in [2.24, 2.45) is 0 Å². The zero-order valence-corrected chi connectivity index (χ0v) is 21.9. The number of benzene rings is 4. The molecule has 0 spiro atoms. The van der Waals surface area contributed by atoms with Gasteiger partial charge in [-0.05, 0) is 32.3 Å². The van der Waals surface area contributed by atoms with Crippen LogP contribution < -0.4 is 5.73 Å². The quantitative estimate of drug-likeness (QED) is 0.146. The third-order valence-electron chi connectivity index (χ3n) is 7.96. The number of carbonyl (C=O) groups excluding carboxylic acids is 1. The Morgan fingerprint density at radius 3 is 2.44 bits per heavy atom. The molecule has 0 aliphatic carbocycles. The van der Waals surface area contributed by atoms with Crippen LogP contribution in [0.4, 0.5) is 5.82 Å². The lowest BCUT2D eigenvalue weighted by Gasteiger charge is -2.17. The van der Waals surface area contributed by atoms with E-state index in [-0.39, 0.29) is 18.0 Å². The van der Waals surface area contributed by atoms with Crippen LogP contribution in [0.1, 0.15) is 35.0 Å². The topological polar surface area (TPSA) is 144 Å². The predicted molar refractivity (Wildman–Crippen MR) is 156 cm³/mol. The normalized spacial score (nSPS) is 20.8. The van der Waals surface area contributed by atoms with Crippen LogP contribution in [0, 0.1) is 11.8 Å². The molecule has 1 aliphatic heterocycles. The van der Waals surface area contributed by atoms with Crippen molar-refractivity contribution in [3.05, 3.63) is 78.2 Å². The molecule has 4 aromatic carbocycles. The third-order valence-corrected chi connectivity index (χ3v) is 7.96. The van der Waals surface area contributed by atoms with Crippen molar-refractivity contribution in [2.75, 3.05) is 12.3 Å². The number of nitrogens with zero attached hydrogens (tertiary/aromatic N) is 3. The van der Waals surface area contributed by atoms with Gasteiger partial charge in [-0.2, -0.15) is 0 Å². The van der Waals surface area contributed by atoms with Gasteiger partial charge in [-0.15, -0.1) is 0 Å². The molecule has 4 atom stereocenters. The number of aliphatic hydroxyl groups is 3. The summed E-state index contributed by atoms with van der Waals surface area (Å²) in [5.41, 5.74) is 7.71. The first-order valence-corrected chi connectivity index (χ1v) is 13.4.